The number of ketones is 1. The third-order valence-electron chi connectivity index (χ3n) is 6.71. The molecular formula is C28H24O12. The lowest BCUT2D eigenvalue weighted by molar-refractivity contribution is -0.278. The van der Waals surface area contributed by atoms with Gasteiger partial charge in [0, 0.05) is 16.3 Å². The van der Waals surface area contributed by atoms with E-state index in [1.54, 1.807) is 36.4 Å². The summed E-state index contributed by atoms with van der Waals surface area (Å²) >= 11 is 0. The Bertz CT molecular complexity index is 1530. The van der Waals surface area contributed by atoms with E-state index in [9.17, 15) is 39.9 Å². The summed E-state index contributed by atoms with van der Waals surface area (Å²) in [5.74, 6) is -4.38. The molecule has 1 heterocycles. The molecule has 3 aromatic carbocycles. The lowest BCUT2D eigenvalue weighted by atomic mass is 9.86. The monoisotopic (exact) mass is 552 g/mol. The summed E-state index contributed by atoms with van der Waals surface area (Å²) in [4.78, 5) is 35.2. The van der Waals surface area contributed by atoms with E-state index in [1.165, 1.54) is 18.2 Å². The molecule has 0 radical (unpaired) electrons. The molecule has 0 aromatic heterocycles. The number of aliphatic hydroxyl groups is 4. The van der Waals surface area contributed by atoms with Gasteiger partial charge in [-0.05, 0) is 34.9 Å². The predicted molar refractivity (Wildman–Crippen MR) is 137 cm³/mol. The molecule has 0 saturated carbocycles. The van der Waals surface area contributed by atoms with E-state index in [4.69, 9.17) is 19.3 Å². The highest BCUT2D eigenvalue weighted by Gasteiger charge is 2.46. The quantitative estimate of drug-likeness (QED) is 0.183. The molecule has 0 amide bonds. The van der Waals surface area contributed by atoms with E-state index in [0.29, 0.717) is 22.1 Å². The Labute approximate surface area is 225 Å². The van der Waals surface area contributed by atoms with E-state index >= 15 is 0 Å². The first-order chi connectivity index (χ1) is 19.1. The largest absolute Gasteiger partial charge is 0.504 e. The molecule has 12 heteroatoms. The molecule has 1 aliphatic heterocycles. The van der Waals surface area contributed by atoms with Crippen LogP contribution in [0.2, 0.25) is 0 Å². The molecule has 2 aliphatic rings. The Hall–Kier alpha value is -4.49. The zero-order valence-corrected chi connectivity index (χ0v) is 20.6. The molecule has 1 saturated heterocycles. The number of aliphatic hydroxyl groups excluding tert-OH is 4. The van der Waals surface area contributed by atoms with Gasteiger partial charge in [0.25, 0.3) is 0 Å². The average molecular weight is 552 g/mol. The number of esters is 1. The maximum atomic E-state index is 12.8. The number of carbonyl (C=O) groups excluding carboxylic acids is 2. The van der Waals surface area contributed by atoms with Crippen molar-refractivity contribution in [1.82, 2.24) is 0 Å². The molecule has 12 nitrogen and oxygen atoms in total. The molecule has 0 spiro atoms. The fraction of sp³-hybridized carbons (Fsp3) is 0.250. The topological polar surface area (TPSA) is 200 Å². The molecular weight excluding hydrogens is 528 g/mol. The van der Waals surface area contributed by atoms with Crippen LogP contribution in [0, 0.1) is 0 Å². The van der Waals surface area contributed by atoms with Crippen molar-refractivity contribution in [2.75, 3.05) is 6.61 Å². The lowest BCUT2D eigenvalue weighted by Gasteiger charge is -2.40. The van der Waals surface area contributed by atoms with Gasteiger partial charge in [0.2, 0.25) is 12.1 Å². The van der Waals surface area contributed by atoms with Crippen LogP contribution >= 0.6 is 0 Å². The van der Waals surface area contributed by atoms with E-state index in [0.717, 1.165) is 0 Å². The summed E-state index contributed by atoms with van der Waals surface area (Å²) in [7, 11) is 0. The van der Waals surface area contributed by atoms with Crippen molar-refractivity contribution in [3.8, 4) is 22.6 Å². The van der Waals surface area contributed by atoms with Crippen LogP contribution in [0.25, 0.3) is 28.0 Å². The number of phenolic OH excluding ortho intramolecular Hbond substituents is 1. The fourth-order valence-electron chi connectivity index (χ4n) is 4.80. The van der Waals surface area contributed by atoms with Gasteiger partial charge >= 0.3 is 11.9 Å². The first-order valence-electron chi connectivity index (χ1n) is 12.1. The van der Waals surface area contributed by atoms with Gasteiger partial charge in [0.15, 0.2) is 17.3 Å². The van der Waals surface area contributed by atoms with Crippen molar-refractivity contribution in [3.63, 3.8) is 0 Å². The van der Waals surface area contributed by atoms with E-state index in [2.05, 4.69) is 0 Å². The number of phenols is 1. The SMILES string of the molecule is O=C(O)CC(=O)OC[C@H]1O[C@H](Oc2c(O)cc3c4c(ccc(-c5ccccc5)c24)C(=O)C(O)=C3)[C@H](O)[C@@H](O)[C@@H]1O. The summed E-state index contributed by atoms with van der Waals surface area (Å²) in [5, 5.41) is 62.0. The second kappa shape index (κ2) is 10.6. The zero-order valence-electron chi connectivity index (χ0n) is 20.6. The minimum atomic E-state index is -1.84. The summed E-state index contributed by atoms with van der Waals surface area (Å²) in [6.07, 6.45) is -8.27. The zero-order chi connectivity index (χ0) is 28.7. The second-order valence-corrected chi connectivity index (χ2v) is 9.34. The molecule has 0 bridgehead atoms. The highest BCUT2D eigenvalue weighted by Crippen LogP contribution is 2.47. The Morgan fingerprint density at radius 3 is 2.30 bits per heavy atom. The van der Waals surface area contributed by atoms with E-state index < -0.39 is 73.0 Å². The number of carboxylic acid groups (broad SMARTS) is 1. The van der Waals surface area contributed by atoms with Crippen LogP contribution < -0.4 is 4.74 Å². The van der Waals surface area contributed by atoms with Crippen LogP contribution in [0.1, 0.15) is 22.3 Å². The number of Topliss-reactive ketones (excluding diaryl/α,β-unsaturated/α-hetero) is 1. The Balaban J connectivity index is 1.58. The molecule has 1 fully saturated rings. The van der Waals surface area contributed by atoms with Crippen LogP contribution in [-0.4, -0.2) is 85.7 Å². The molecule has 40 heavy (non-hydrogen) atoms. The van der Waals surface area contributed by atoms with E-state index in [-0.39, 0.29) is 16.7 Å². The Morgan fingerprint density at radius 1 is 0.900 bits per heavy atom. The second-order valence-electron chi connectivity index (χ2n) is 9.34. The molecule has 6 N–H and O–H groups in total. The number of hydrogen-bond donors (Lipinski definition) is 6. The Morgan fingerprint density at radius 2 is 1.60 bits per heavy atom. The minimum Gasteiger partial charge on any atom is -0.504 e. The number of hydrogen-bond acceptors (Lipinski definition) is 11. The molecule has 1 aliphatic carbocycles. The molecule has 0 unspecified atom stereocenters. The third-order valence-corrected chi connectivity index (χ3v) is 6.71. The van der Waals surface area contributed by atoms with Crippen molar-refractivity contribution in [2.45, 2.75) is 37.1 Å². The van der Waals surface area contributed by atoms with Crippen molar-refractivity contribution in [1.29, 1.82) is 0 Å². The molecule has 5 rings (SSSR count). The normalized spacial score (nSPS) is 23.9. The van der Waals surface area contributed by atoms with Gasteiger partial charge in [-0.3, -0.25) is 14.4 Å². The van der Waals surface area contributed by atoms with Gasteiger partial charge in [0.1, 0.15) is 37.4 Å². The molecule has 3 aromatic rings. The van der Waals surface area contributed by atoms with Gasteiger partial charge in [-0.15, -0.1) is 0 Å². The first-order valence-corrected chi connectivity index (χ1v) is 12.1. The summed E-state index contributed by atoms with van der Waals surface area (Å²) in [6, 6.07) is 13.3. The maximum absolute atomic E-state index is 12.8. The lowest BCUT2D eigenvalue weighted by Crippen LogP contribution is -2.60. The van der Waals surface area contributed by atoms with Gasteiger partial charge in [-0.2, -0.15) is 0 Å². The van der Waals surface area contributed by atoms with Crippen molar-refractivity contribution < 1.29 is 59.2 Å². The van der Waals surface area contributed by atoms with E-state index in [1.807, 2.05) is 0 Å². The number of carboxylic acids is 1. The number of aliphatic carboxylic acids is 1. The van der Waals surface area contributed by atoms with Crippen LogP contribution in [0.15, 0.2) is 54.3 Å². The third kappa shape index (κ3) is 4.84. The van der Waals surface area contributed by atoms with Crippen molar-refractivity contribution in [2.24, 2.45) is 0 Å². The van der Waals surface area contributed by atoms with Gasteiger partial charge in [-0.25, -0.2) is 0 Å². The Kier molecular flexibility index (Phi) is 7.17. The molecule has 208 valence electrons. The van der Waals surface area contributed by atoms with Crippen LogP contribution in [0.4, 0.5) is 0 Å². The predicted octanol–water partition coefficient (Wildman–Crippen LogP) is 1.51. The summed E-state index contributed by atoms with van der Waals surface area (Å²) < 4.78 is 16.3. The molecule has 5 atom stereocenters. The fourth-order valence-corrected chi connectivity index (χ4v) is 4.80. The van der Waals surface area contributed by atoms with Gasteiger partial charge in [-0.1, -0.05) is 36.4 Å². The number of allylic oxidation sites excluding steroid dienone is 1. The van der Waals surface area contributed by atoms with Gasteiger partial charge < -0.3 is 44.8 Å². The van der Waals surface area contributed by atoms with Crippen LogP contribution in [0.5, 0.6) is 11.5 Å². The summed E-state index contributed by atoms with van der Waals surface area (Å²) in [5.41, 5.74) is 1.68. The maximum Gasteiger partial charge on any atom is 0.317 e. The average Bonchev–Trinajstić information content (AvgIpc) is 2.92. The van der Waals surface area contributed by atoms with Crippen molar-refractivity contribution in [3.05, 3.63) is 65.4 Å². The number of benzene rings is 3. The van der Waals surface area contributed by atoms with Gasteiger partial charge in [0.05, 0.1) is 0 Å². The summed E-state index contributed by atoms with van der Waals surface area (Å²) in [6.45, 7) is -0.666. The highest BCUT2D eigenvalue weighted by atomic mass is 16.7. The van der Waals surface area contributed by atoms with Crippen LogP contribution in [0.3, 0.4) is 0 Å². The number of aromatic hydroxyl groups is 1. The van der Waals surface area contributed by atoms with Crippen LogP contribution in [-0.2, 0) is 19.1 Å². The number of rotatable bonds is 7. The van der Waals surface area contributed by atoms with Crippen molar-refractivity contribution >= 4 is 34.6 Å². The first kappa shape index (κ1) is 27.1. The standard InChI is InChI=1S/C28H24O12/c29-16-8-13-9-17(30)27(22-14(12-4-2-1-3-5-12)6-7-15(21(13)22)23(16)34)40-28-26(37)25(36)24(35)18(39-28)11-38-20(33)10-19(31)32/h1-9,18,24-26,28-30,35-37H,10-11H2,(H,31,32)/t18-,24-,25+,26-,28-/m1/s1. The highest BCUT2D eigenvalue weighted by molar-refractivity contribution is 6.24. The minimum absolute atomic E-state index is 0.137. The number of ether oxygens (including phenoxy) is 3. The smallest absolute Gasteiger partial charge is 0.317 e. The number of carbonyl (C=O) groups is 3.